The summed E-state index contributed by atoms with van der Waals surface area (Å²) in [5.74, 6) is -0.397. The van der Waals surface area contributed by atoms with Crippen molar-refractivity contribution in [1.29, 1.82) is 0 Å². The van der Waals surface area contributed by atoms with E-state index in [9.17, 15) is 9.59 Å². The molecule has 0 saturated heterocycles. The molecule has 5 nitrogen and oxygen atoms in total. The quantitative estimate of drug-likeness (QED) is 0.888. The van der Waals surface area contributed by atoms with Gasteiger partial charge in [0.25, 0.3) is 5.91 Å². The zero-order valence-electron chi connectivity index (χ0n) is 9.81. The summed E-state index contributed by atoms with van der Waals surface area (Å²) in [4.78, 5) is 23.1. The zero-order chi connectivity index (χ0) is 13.1. The fourth-order valence-corrected chi connectivity index (χ4v) is 1.79. The van der Waals surface area contributed by atoms with Crippen LogP contribution in [-0.2, 0) is 9.59 Å². The van der Waals surface area contributed by atoms with Crippen LogP contribution >= 0.6 is 11.6 Å². The predicted octanol–water partition coefficient (Wildman–Crippen LogP) is 1.89. The molecule has 0 unspecified atom stereocenters. The summed E-state index contributed by atoms with van der Waals surface area (Å²) in [5.41, 5.74) is 0.951. The third-order valence-corrected chi connectivity index (χ3v) is 2.79. The molecule has 0 aliphatic carbocycles. The molecule has 0 spiro atoms. The number of benzene rings is 1. The van der Waals surface area contributed by atoms with Crippen molar-refractivity contribution in [1.82, 2.24) is 5.01 Å². The van der Waals surface area contributed by atoms with E-state index in [1.807, 2.05) is 0 Å². The third-order valence-electron chi connectivity index (χ3n) is 2.55. The van der Waals surface area contributed by atoms with Crippen molar-refractivity contribution >= 4 is 34.8 Å². The highest BCUT2D eigenvalue weighted by atomic mass is 35.5. The van der Waals surface area contributed by atoms with Gasteiger partial charge < -0.3 is 5.32 Å². The van der Waals surface area contributed by atoms with E-state index in [2.05, 4.69) is 10.4 Å². The molecule has 1 heterocycles. The maximum absolute atomic E-state index is 11.9. The van der Waals surface area contributed by atoms with Gasteiger partial charge in [-0.15, -0.1) is 0 Å². The van der Waals surface area contributed by atoms with E-state index in [0.29, 0.717) is 29.3 Å². The van der Waals surface area contributed by atoms with Gasteiger partial charge in [-0.3, -0.25) is 9.59 Å². The molecule has 6 heteroatoms. The maximum Gasteiger partial charge on any atom is 0.271 e. The van der Waals surface area contributed by atoms with Crippen LogP contribution in [0.2, 0.25) is 5.02 Å². The first kappa shape index (κ1) is 12.6. The number of halogens is 1. The van der Waals surface area contributed by atoms with E-state index in [1.54, 1.807) is 24.3 Å². The molecule has 1 aliphatic rings. The molecular weight excluding hydrogens is 254 g/mol. The van der Waals surface area contributed by atoms with E-state index in [1.165, 1.54) is 12.1 Å². The van der Waals surface area contributed by atoms with E-state index in [0.717, 1.165) is 0 Å². The van der Waals surface area contributed by atoms with Gasteiger partial charge in [0.2, 0.25) is 5.91 Å². The van der Waals surface area contributed by atoms with Gasteiger partial charge in [-0.1, -0.05) is 17.7 Å². The van der Waals surface area contributed by atoms with Gasteiger partial charge in [0.05, 0.1) is 0 Å². The predicted molar refractivity (Wildman–Crippen MR) is 69.5 cm³/mol. The molecule has 1 aliphatic heterocycles. The molecule has 0 bridgehead atoms. The summed E-state index contributed by atoms with van der Waals surface area (Å²) in [6.07, 6.45) is 0.661. The fraction of sp³-hybridized carbons (Fsp3) is 0.250. The number of rotatable bonds is 2. The first-order valence-corrected chi connectivity index (χ1v) is 5.85. The minimum absolute atomic E-state index is 0.0886. The number of hydrogen-bond donors (Lipinski definition) is 1. The summed E-state index contributed by atoms with van der Waals surface area (Å²) in [7, 11) is 1.54. The standard InChI is InChI=1S/C12H12ClN3O2/c1-16-11(17)6-5-10(15-16)12(18)14-9-4-2-3-8(13)7-9/h2-4,7H,5-6H2,1H3,(H,14,18). The zero-order valence-corrected chi connectivity index (χ0v) is 10.6. The molecule has 2 amide bonds. The van der Waals surface area contributed by atoms with Gasteiger partial charge in [0.1, 0.15) is 5.71 Å². The lowest BCUT2D eigenvalue weighted by molar-refractivity contribution is -0.130. The SMILES string of the molecule is CN1N=C(C(=O)Nc2cccc(Cl)c2)CCC1=O. The number of amides is 2. The Morgan fingerprint density at radius 1 is 1.44 bits per heavy atom. The Hall–Kier alpha value is -1.88. The topological polar surface area (TPSA) is 61.8 Å². The minimum atomic E-state index is -0.309. The molecule has 0 saturated carbocycles. The molecule has 94 valence electrons. The molecule has 1 N–H and O–H groups in total. The second-order valence-corrected chi connectivity index (χ2v) is 4.36. The lowest BCUT2D eigenvalue weighted by atomic mass is 10.1. The molecule has 1 aromatic carbocycles. The van der Waals surface area contributed by atoms with Crippen LogP contribution in [0.3, 0.4) is 0 Å². The molecule has 0 fully saturated rings. The van der Waals surface area contributed by atoms with E-state index in [4.69, 9.17) is 11.6 Å². The Morgan fingerprint density at radius 2 is 2.22 bits per heavy atom. The Kier molecular flexibility index (Phi) is 3.62. The highest BCUT2D eigenvalue weighted by Gasteiger charge is 2.21. The van der Waals surface area contributed by atoms with E-state index in [-0.39, 0.29) is 11.8 Å². The number of hydrazone groups is 1. The normalized spacial score (nSPS) is 15.3. The molecule has 1 aromatic rings. The summed E-state index contributed by atoms with van der Waals surface area (Å²) < 4.78 is 0. The molecule has 18 heavy (non-hydrogen) atoms. The first-order valence-electron chi connectivity index (χ1n) is 5.47. The maximum atomic E-state index is 11.9. The summed E-state index contributed by atoms with van der Waals surface area (Å²) >= 11 is 5.82. The highest BCUT2D eigenvalue weighted by Crippen LogP contribution is 2.16. The van der Waals surface area contributed by atoms with Gasteiger partial charge >= 0.3 is 0 Å². The number of hydrogen-bond acceptors (Lipinski definition) is 3. The van der Waals surface area contributed by atoms with Crippen LogP contribution in [0.25, 0.3) is 0 Å². The number of nitrogens with one attached hydrogen (secondary N) is 1. The number of carbonyl (C=O) groups excluding carboxylic acids is 2. The number of carbonyl (C=O) groups is 2. The minimum Gasteiger partial charge on any atom is -0.321 e. The van der Waals surface area contributed by atoms with Crippen molar-refractivity contribution in [3.63, 3.8) is 0 Å². The Labute approximate surface area is 109 Å². The lowest BCUT2D eigenvalue weighted by Crippen LogP contribution is -2.34. The Morgan fingerprint density at radius 3 is 2.89 bits per heavy atom. The second kappa shape index (κ2) is 5.18. The van der Waals surface area contributed by atoms with Crippen LogP contribution in [-0.4, -0.2) is 29.6 Å². The van der Waals surface area contributed by atoms with Gasteiger partial charge in [0.15, 0.2) is 0 Å². The van der Waals surface area contributed by atoms with Crippen LogP contribution in [0, 0.1) is 0 Å². The lowest BCUT2D eigenvalue weighted by Gasteiger charge is -2.18. The van der Waals surface area contributed by atoms with Crippen molar-refractivity contribution in [2.45, 2.75) is 12.8 Å². The van der Waals surface area contributed by atoms with Crippen LogP contribution in [0.5, 0.6) is 0 Å². The van der Waals surface area contributed by atoms with Gasteiger partial charge in [0, 0.05) is 30.6 Å². The van der Waals surface area contributed by atoms with Gasteiger partial charge in [-0.2, -0.15) is 5.10 Å². The van der Waals surface area contributed by atoms with Crippen molar-refractivity contribution < 1.29 is 9.59 Å². The van der Waals surface area contributed by atoms with Crippen LogP contribution in [0.1, 0.15) is 12.8 Å². The highest BCUT2D eigenvalue weighted by molar-refractivity contribution is 6.43. The van der Waals surface area contributed by atoms with Crippen molar-refractivity contribution in [3.8, 4) is 0 Å². The van der Waals surface area contributed by atoms with E-state index < -0.39 is 0 Å². The van der Waals surface area contributed by atoms with Crippen LogP contribution in [0.4, 0.5) is 5.69 Å². The summed E-state index contributed by atoms with van der Waals surface area (Å²) in [6, 6.07) is 6.86. The number of anilines is 1. The smallest absolute Gasteiger partial charge is 0.271 e. The monoisotopic (exact) mass is 265 g/mol. The average Bonchev–Trinajstić information content (AvgIpc) is 2.32. The largest absolute Gasteiger partial charge is 0.321 e. The Bertz CT molecular complexity index is 528. The fourth-order valence-electron chi connectivity index (χ4n) is 1.60. The molecule has 0 aromatic heterocycles. The first-order chi connectivity index (χ1) is 8.56. The Balaban J connectivity index is 2.09. The van der Waals surface area contributed by atoms with E-state index >= 15 is 0 Å². The third kappa shape index (κ3) is 2.87. The van der Waals surface area contributed by atoms with Gasteiger partial charge in [-0.25, -0.2) is 5.01 Å². The van der Waals surface area contributed by atoms with Crippen molar-refractivity contribution in [2.75, 3.05) is 12.4 Å². The summed E-state index contributed by atoms with van der Waals surface area (Å²) in [5, 5.41) is 8.37. The van der Waals surface area contributed by atoms with Crippen molar-refractivity contribution in [2.24, 2.45) is 5.10 Å². The molecule has 0 atom stereocenters. The van der Waals surface area contributed by atoms with Crippen molar-refractivity contribution in [3.05, 3.63) is 29.3 Å². The molecule has 0 radical (unpaired) electrons. The average molecular weight is 266 g/mol. The molecular formula is C12H12ClN3O2. The molecule has 2 rings (SSSR count). The second-order valence-electron chi connectivity index (χ2n) is 3.93. The number of nitrogens with zero attached hydrogens (tertiary/aromatic N) is 2. The summed E-state index contributed by atoms with van der Waals surface area (Å²) in [6.45, 7) is 0. The van der Waals surface area contributed by atoms with Crippen LogP contribution < -0.4 is 5.32 Å². The van der Waals surface area contributed by atoms with Gasteiger partial charge in [-0.05, 0) is 18.2 Å². The van der Waals surface area contributed by atoms with Crippen LogP contribution in [0.15, 0.2) is 29.4 Å².